The number of halogens is 1. The number of hydrogen-bond acceptors (Lipinski definition) is 9. The van der Waals surface area contributed by atoms with Crippen LogP contribution in [-0.2, 0) is 26.3 Å². The van der Waals surface area contributed by atoms with E-state index in [1.165, 1.54) is 16.5 Å². The zero-order valence-electron chi connectivity index (χ0n) is 34.3. The molecule has 1 atom stereocenters. The van der Waals surface area contributed by atoms with Crippen molar-refractivity contribution in [2.24, 2.45) is 5.92 Å². The van der Waals surface area contributed by atoms with Gasteiger partial charge in [-0.1, -0.05) is 42.8 Å². The molecule has 7 rings (SSSR count). The number of carbonyl (C=O) groups is 3. The normalized spacial score (nSPS) is 17.2. The van der Waals surface area contributed by atoms with Gasteiger partial charge in [0.1, 0.15) is 17.6 Å². The Morgan fingerprint density at radius 3 is 2.38 bits per heavy atom. The highest BCUT2D eigenvalue weighted by atomic mass is 19.1. The molecule has 0 spiro atoms. The second-order valence-electron chi connectivity index (χ2n) is 16.5. The number of nitrogens with one attached hydrogen (secondary N) is 1. The van der Waals surface area contributed by atoms with Gasteiger partial charge in [0.05, 0.1) is 22.9 Å². The quantitative estimate of drug-likeness (QED) is 0.116. The van der Waals surface area contributed by atoms with Crippen molar-refractivity contribution in [1.29, 1.82) is 5.26 Å². The molecule has 11 nitrogen and oxygen atoms in total. The molecule has 2 aliphatic heterocycles. The van der Waals surface area contributed by atoms with Gasteiger partial charge in [0.15, 0.2) is 0 Å². The van der Waals surface area contributed by atoms with Crippen LogP contribution >= 0.6 is 0 Å². The number of benzene rings is 3. The lowest BCUT2D eigenvalue weighted by Crippen LogP contribution is -2.61. The average Bonchev–Trinajstić information content (AvgIpc) is 3.94. The molecule has 3 amide bonds. The molecular formula is C46H54FN7O4. The summed E-state index contributed by atoms with van der Waals surface area (Å²) in [5.74, 6) is 0.362. The molecular weight excluding hydrogens is 734 g/mol. The summed E-state index contributed by atoms with van der Waals surface area (Å²) in [7, 11) is 0. The maximum absolute atomic E-state index is 15.7. The van der Waals surface area contributed by atoms with Gasteiger partial charge < -0.3 is 19.2 Å². The Balaban J connectivity index is 1.01. The SMILES string of the molecule is CCCC(C(=O)NC=O)N(C=O)Cc1cc(F)c(N2CC(N3CCC(CN(c4ccc(C5(C#N)CC5)cc4)c4cc(-c5c(C)noc5C)ccc4C)CC3)C2)cc1C. The minimum absolute atomic E-state index is 0.0674. The van der Waals surface area contributed by atoms with Gasteiger partial charge in [0.25, 0.3) is 0 Å². The molecule has 4 aromatic rings. The van der Waals surface area contributed by atoms with Crippen LogP contribution in [-0.4, -0.2) is 78.5 Å². The number of hydrogen-bond donors (Lipinski definition) is 1. The summed E-state index contributed by atoms with van der Waals surface area (Å²) in [5, 5.41) is 16.2. The molecule has 1 aliphatic carbocycles. The predicted octanol–water partition coefficient (Wildman–Crippen LogP) is 7.41. The number of nitrogens with zero attached hydrogens (tertiary/aromatic N) is 6. The van der Waals surface area contributed by atoms with Crippen molar-refractivity contribution in [1.82, 2.24) is 20.3 Å². The number of rotatable bonds is 16. The van der Waals surface area contributed by atoms with Crippen molar-refractivity contribution in [2.45, 2.75) is 97.2 Å². The second kappa shape index (κ2) is 17.1. The van der Waals surface area contributed by atoms with E-state index in [1.807, 2.05) is 33.8 Å². The van der Waals surface area contributed by atoms with E-state index in [0.717, 1.165) is 103 Å². The summed E-state index contributed by atoms with van der Waals surface area (Å²) >= 11 is 0. The van der Waals surface area contributed by atoms with E-state index in [4.69, 9.17) is 4.52 Å². The third-order valence-electron chi connectivity index (χ3n) is 12.7. The summed E-state index contributed by atoms with van der Waals surface area (Å²) in [4.78, 5) is 43.8. The zero-order valence-corrected chi connectivity index (χ0v) is 34.3. The van der Waals surface area contributed by atoms with Crippen LogP contribution in [0.15, 0.2) is 59.1 Å². The number of piperidine rings is 1. The Labute approximate surface area is 340 Å². The number of carbonyl (C=O) groups excluding carboxylic acids is 3. The first-order valence-electron chi connectivity index (χ1n) is 20.5. The number of aryl methyl sites for hydroxylation is 4. The fourth-order valence-corrected chi connectivity index (χ4v) is 8.90. The Morgan fingerprint density at radius 2 is 1.78 bits per heavy atom. The smallest absolute Gasteiger partial charge is 0.249 e. The third kappa shape index (κ3) is 8.23. The van der Waals surface area contributed by atoms with Gasteiger partial charge in [0, 0.05) is 49.2 Å². The fraction of sp³-hybridized carbons (Fsp3) is 0.457. The molecule has 304 valence electrons. The number of aromatic nitrogens is 1. The largest absolute Gasteiger partial charge is 0.366 e. The maximum atomic E-state index is 15.7. The van der Waals surface area contributed by atoms with Crippen molar-refractivity contribution in [3.63, 3.8) is 0 Å². The fourth-order valence-electron chi connectivity index (χ4n) is 8.90. The maximum Gasteiger partial charge on any atom is 0.249 e. The van der Waals surface area contributed by atoms with Gasteiger partial charge in [-0.25, -0.2) is 4.39 Å². The van der Waals surface area contributed by atoms with Crippen molar-refractivity contribution in [3.8, 4) is 17.2 Å². The van der Waals surface area contributed by atoms with Gasteiger partial charge in [0.2, 0.25) is 18.7 Å². The minimum atomic E-state index is -0.816. The van der Waals surface area contributed by atoms with Gasteiger partial charge in [-0.3, -0.25) is 24.6 Å². The number of nitriles is 1. The van der Waals surface area contributed by atoms with Gasteiger partial charge in [-0.2, -0.15) is 5.26 Å². The van der Waals surface area contributed by atoms with Gasteiger partial charge in [-0.05, 0) is 137 Å². The average molecular weight is 788 g/mol. The molecule has 58 heavy (non-hydrogen) atoms. The first-order valence-corrected chi connectivity index (χ1v) is 20.5. The monoisotopic (exact) mass is 787 g/mol. The first kappa shape index (κ1) is 40.6. The van der Waals surface area contributed by atoms with Crippen molar-refractivity contribution >= 4 is 35.8 Å². The molecule has 3 fully saturated rings. The minimum Gasteiger partial charge on any atom is -0.366 e. The summed E-state index contributed by atoms with van der Waals surface area (Å²) in [6.07, 6.45) is 5.86. The van der Waals surface area contributed by atoms with E-state index in [2.05, 4.69) is 80.6 Å². The highest BCUT2D eigenvalue weighted by molar-refractivity contribution is 5.91. The summed E-state index contributed by atoms with van der Waals surface area (Å²) in [6.45, 7) is 14.2. The van der Waals surface area contributed by atoms with Gasteiger partial charge in [-0.15, -0.1) is 0 Å². The standard InChI is InChI=1S/C46H54FN7O4/c1-6-7-41(45(57)49-28-55)53(29-56)24-36-21-40(47)43(20-31(36)3)52-25-39(26-52)51-18-14-34(15-19-51)23-54(38-12-10-37(11-13-38)46(27-48)16-17-46)42-22-35(9-8-30(42)2)44-32(4)50-58-33(44)5/h8-13,20-22,28-29,34,39,41H,6-7,14-19,23-26H2,1-5H3,(H,49,55,57). The molecule has 0 radical (unpaired) electrons. The highest BCUT2D eigenvalue weighted by Gasteiger charge is 2.45. The third-order valence-corrected chi connectivity index (χ3v) is 12.7. The Bertz CT molecular complexity index is 2160. The van der Waals surface area contributed by atoms with E-state index in [-0.39, 0.29) is 17.8 Å². The van der Waals surface area contributed by atoms with Crippen LogP contribution in [0.3, 0.4) is 0 Å². The van der Waals surface area contributed by atoms with Crippen LogP contribution in [0.5, 0.6) is 0 Å². The highest BCUT2D eigenvalue weighted by Crippen LogP contribution is 2.48. The number of imide groups is 1. The molecule has 1 aromatic heterocycles. The van der Waals surface area contributed by atoms with Crippen LogP contribution in [0.4, 0.5) is 21.5 Å². The number of likely N-dealkylation sites (tertiary alicyclic amines) is 1. The van der Waals surface area contributed by atoms with E-state index >= 15 is 4.39 Å². The summed E-state index contributed by atoms with van der Waals surface area (Å²) < 4.78 is 21.2. The molecule has 3 aliphatic rings. The lowest BCUT2D eigenvalue weighted by atomic mass is 9.92. The Kier molecular flexibility index (Phi) is 12.0. The van der Waals surface area contributed by atoms with Crippen molar-refractivity contribution < 1.29 is 23.3 Å². The molecule has 1 saturated carbocycles. The van der Waals surface area contributed by atoms with Crippen LogP contribution in [0.25, 0.3) is 11.1 Å². The van der Waals surface area contributed by atoms with E-state index < -0.39 is 11.9 Å². The predicted molar refractivity (Wildman–Crippen MR) is 222 cm³/mol. The molecule has 2 saturated heterocycles. The molecule has 12 heteroatoms. The van der Waals surface area contributed by atoms with Crippen LogP contribution in [0.1, 0.15) is 79.2 Å². The summed E-state index contributed by atoms with van der Waals surface area (Å²) in [5.41, 5.74) is 9.18. The Hall–Kier alpha value is -5.54. The molecule has 0 bridgehead atoms. The molecule has 3 heterocycles. The Morgan fingerprint density at radius 1 is 1.05 bits per heavy atom. The van der Waals surface area contributed by atoms with Crippen LogP contribution in [0.2, 0.25) is 0 Å². The zero-order chi connectivity index (χ0) is 41.1. The van der Waals surface area contributed by atoms with E-state index in [9.17, 15) is 19.6 Å². The van der Waals surface area contributed by atoms with Gasteiger partial charge >= 0.3 is 0 Å². The van der Waals surface area contributed by atoms with Crippen molar-refractivity contribution in [2.75, 3.05) is 42.5 Å². The lowest BCUT2D eigenvalue weighted by molar-refractivity contribution is -0.135. The van der Waals surface area contributed by atoms with Crippen LogP contribution in [0, 0.1) is 50.8 Å². The number of amides is 3. The topological polar surface area (TPSA) is 126 Å². The van der Waals surface area contributed by atoms with E-state index in [1.54, 1.807) is 0 Å². The molecule has 3 aromatic carbocycles. The lowest BCUT2D eigenvalue weighted by Gasteiger charge is -2.49. The molecule has 1 N–H and O–H groups in total. The number of anilines is 3. The summed E-state index contributed by atoms with van der Waals surface area (Å²) in [6, 6.07) is 20.6. The second-order valence-corrected chi connectivity index (χ2v) is 16.5. The van der Waals surface area contributed by atoms with Crippen LogP contribution < -0.4 is 15.1 Å². The van der Waals surface area contributed by atoms with E-state index in [0.29, 0.717) is 48.9 Å². The van der Waals surface area contributed by atoms with Crippen molar-refractivity contribution in [3.05, 3.63) is 94.1 Å². The molecule has 1 unspecified atom stereocenters. The first-order chi connectivity index (χ1) is 28.0.